The molecule has 11 nitrogen and oxygen atoms in total. The Morgan fingerprint density at radius 3 is 2.24 bits per heavy atom. The number of ether oxygens (including phenoxy) is 3. The second-order valence-corrected chi connectivity index (χ2v) is 6.25. The highest BCUT2D eigenvalue weighted by atomic mass is 16.7. The zero-order chi connectivity index (χ0) is 18.9. The third kappa shape index (κ3) is 4.27. The number of carbonyl (C=O) groups is 1. The first kappa shape index (κ1) is 20.4. The number of carbonyl (C=O) groups excluding carboxylic acids is 1. The molecule has 2 aliphatic rings. The second-order valence-electron chi connectivity index (χ2n) is 6.25. The van der Waals surface area contributed by atoms with Crippen molar-refractivity contribution in [1.82, 2.24) is 5.32 Å². The lowest BCUT2D eigenvalue weighted by Crippen LogP contribution is -2.66. The minimum Gasteiger partial charge on any atom is -0.394 e. The van der Waals surface area contributed by atoms with Crippen LogP contribution in [0.5, 0.6) is 0 Å². The van der Waals surface area contributed by atoms with E-state index in [1.54, 1.807) is 0 Å². The molecule has 146 valence electrons. The maximum atomic E-state index is 11.2. The first-order valence-electron chi connectivity index (χ1n) is 7.92. The van der Waals surface area contributed by atoms with Crippen LogP contribution in [0.15, 0.2) is 0 Å². The van der Waals surface area contributed by atoms with E-state index in [1.165, 1.54) is 13.8 Å². The van der Waals surface area contributed by atoms with Gasteiger partial charge >= 0.3 is 0 Å². The molecule has 2 aliphatic heterocycles. The van der Waals surface area contributed by atoms with Crippen LogP contribution in [-0.4, -0.2) is 105 Å². The van der Waals surface area contributed by atoms with E-state index in [-0.39, 0.29) is 0 Å². The number of aliphatic hydroxyl groups is 6. The summed E-state index contributed by atoms with van der Waals surface area (Å²) in [5, 5.41) is 61.5. The molecule has 2 saturated heterocycles. The van der Waals surface area contributed by atoms with Gasteiger partial charge in [-0.05, 0) is 6.92 Å². The van der Waals surface area contributed by atoms with Crippen LogP contribution >= 0.6 is 0 Å². The molecule has 0 aliphatic carbocycles. The number of rotatable bonds is 4. The molecule has 0 aromatic rings. The van der Waals surface area contributed by atoms with Crippen molar-refractivity contribution < 1.29 is 49.6 Å². The van der Waals surface area contributed by atoms with Crippen LogP contribution in [-0.2, 0) is 19.0 Å². The zero-order valence-electron chi connectivity index (χ0n) is 13.8. The lowest BCUT2D eigenvalue weighted by molar-refractivity contribution is -0.341. The van der Waals surface area contributed by atoms with E-state index in [0.717, 1.165) is 0 Å². The number of hydrogen-bond donors (Lipinski definition) is 7. The van der Waals surface area contributed by atoms with Crippen LogP contribution in [0.25, 0.3) is 0 Å². The molecule has 2 fully saturated rings. The normalized spacial score (nSPS) is 48.2. The van der Waals surface area contributed by atoms with Crippen LogP contribution in [0, 0.1) is 0 Å². The van der Waals surface area contributed by atoms with Crippen LogP contribution < -0.4 is 5.32 Å². The van der Waals surface area contributed by atoms with Gasteiger partial charge in [0, 0.05) is 6.92 Å². The average molecular weight is 367 g/mol. The first-order valence-corrected chi connectivity index (χ1v) is 7.92. The van der Waals surface area contributed by atoms with E-state index in [4.69, 9.17) is 14.2 Å². The lowest BCUT2D eigenvalue weighted by atomic mass is 9.95. The van der Waals surface area contributed by atoms with Crippen LogP contribution in [0.3, 0.4) is 0 Å². The third-order valence-corrected chi connectivity index (χ3v) is 4.34. The molecule has 0 saturated carbocycles. The maximum Gasteiger partial charge on any atom is 0.217 e. The highest BCUT2D eigenvalue weighted by molar-refractivity contribution is 5.73. The summed E-state index contributed by atoms with van der Waals surface area (Å²) < 4.78 is 15.9. The van der Waals surface area contributed by atoms with Crippen molar-refractivity contribution in [3.8, 4) is 0 Å². The van der Waals surface area contributed by atoms with Gasteiger partial charge in [-0.3, -0.25) is 4.79 Å². The molecule has 11 heteroatoms. The Morgan fingerprint density at radius 2 is 1.68 bits per heavy atom. The standard InChI is InChI=1S/C14H25NO10/c1-4-8(18)10(20)11(21)14(23-4)25-12-6(3-16)24-13(22)7(9(12)19)15-5(2)17/h4,6-14,16,18-22H,3H2,1-2H3,(H,15,17)/t4-,6+,7-,8-,9-,10-,11-,12+,13+,14-/m0/s1. The summed E-state index contributed by atoms with van der Waals surface area (Å²) in [6.07, 6.45) is -12.3. The summed E-state index contributed by atoms with van der Waals surface area (Å²) in [4.78, 5) is 11.2. The van der Waals surface area contributed by atoms with Gasteiger partial charge in [-0.15, -0.1) is 0 Å². The van der Waals surface area contributed by atoms with Crippen molar-refractivity contribution in [2.24, 2.45) is 0 Å². The SMILES string of the molecule is CC(=O)N[C@H]1[C@H](O)[C@H](O[C@@H]2O[C@@H](C)[C@H](O)[C@H](O)[C@@H]2O)[C@@H](CO)O[C@H]1O. The molecule has 1 amide bonds. The molecule has 0 aromatic carbocycles. The molecule has 0 aromatic heterocycles. The molecule has 2 rings (SSSR count). The number of aliphatic hydroxyl groups excluding tert-OH is 6. The van der Waals surface area contributed by atoms with Gasteiger partial charge in [-0.1, -0.05) is 0 Å². The summed E-state index contributed by atoms with van der Waals surface area (Å²) in [5.41, 5.74) is 0. The minimum absolute atomic E-state index is 0.533. The molecule has 2 heterocycles. The Balaban J connectivity index is 2.15. The molecule has 0 spiro atoms. The van der Waals surface area contributed by atoms with E-state index in [2.05, 4.69) is 5.32 Å². The average Bonchev–Trinajstić information content (AvgIpc) is 2.56. The Bertz CT molecular complexity index is 465. The van der Waals surface area contributed by atoms with Gasteiger partial charge in [0.15, 0.2) is 12.6 Å². The van der Waals surface area contributed by atoms with Crippen molar-refractivity contribution in [2.45, 2.75) is 75.2 Å². The third-order valence-electron chi connectivity index (χ3n) is 4.34. The fraction of sp³-hybridized carbons (Fsp3) is 0.929. The summed E-state index contributed by atoms with van der Waals surface area (Å²) >= 11 is 0. The fourth-order valence-corrected chi connectivity index (χ4v) is 2.92. The van der Waals surface area contributed by atoms with Gasteiger partial charge in [0.1, 0.15) is 42.7 Å². The molecular weight excluding hydrogens is 342 g/mol. The molecule has 0 bridgehead atoms. The molecule has 0 radical (unpaired) electrons. The van der Waals surface area contributed by atoms with E-state index in [0.29, 0.717) is 0 Å². The van der Waals surface area contributed by atoms with Crippen LogP contribution in [0.4, 0.5) is 0 Å². The Hall–Kier alpha value is -0.890. The number of hydrogen-bond acceptors (Lipinski definition) is 10. The molecular formula is C14H25NO10. The molecule has 0 unspecified atom stereocenters. The van der Waals surface area contributed by atoms with Crippen LogP contribution in [0.2, 0.25) is 0 Å². The van der Waals surface area contributed by atoms with Gasteiger partial charge in [-0.2, -0.15) is 0 Å². The Labute approximate surface area is 143 Å². The molecule has 25 heavy (non-hydrogen) atoms. The predicted octanol–water partition coefficient (Wildman–Crippen LogP) is -4.23. The van der Waals surface area contributed by atoms with Gasteiger partial charge in [0.05, 0.1) is 12.7 Å². The van der Waals surface area contributed by atoms with E-state index in [9.17, 15) is 35.4 Å². The van der Waals surface area contributed by atoms with Gasteiger partial charge in [0.25, 0.3) is 0 Å². The zero-order valence-corrected chi connectivity index (χ0v) is 13.8. The fourth-order valence-electron chi connectivity index (χ4n) is 2.92. The molecule has 7 N–H and O–H groups in total. The highest BCUT2D eigenvalue weighted by Gasteiger charge is 2.50. The van der Waals surface area contributed by atoms with Crippen molar-refractivity contribution in [3.05, 3.63) is 0 Å². The lowest BCUT2D eigenvalue weighted by Gasteiger charge is -2.46. The maximum absolute atomic E-state index is 11.2. The van der Waals surface area contributed by atoms with Crippen LogP contribution in [0.1, 0.15) is 13.8 Å². The number of nitrogens with one attached hydrogen (secondary N) is 1. The van der Waals surface area contributed by atoms with Gasteiger partial charge in [0.2, 0.25) is 5.91 Å². The topological polar surface area (TPSA) is 178 Å². The quantitative estimate of drug-likeness (QED) is 0.257. The van der Waals surface area contributed by atoms with Crippen molar-refractivity contribution in [2.75, 3.05) is 6.61 Å². The Kier molecular flexibility index (Phi) is 6.70. The Morgan fingerprint density at radius 1 is 1.04 bits per heavy atom. The summed E-state index contributed by atoms with van der Waals surface area (Å²) in [6, 6.07) is -1.24. The monoisotopic (exact) mass is 367 g/mol. The second kappa shape index (κ2) is 8.20. The smallest absolute Gasteiger partial charge is 0.217 e. The number of amides is 1. The summed E-state index contributed by atoms with van der Waals surface area (Å²) in [5.74, 6) is -0.533. The highest BCUT2D eigenvalue weighted by Crippen LogP contribution is 2.28. The van der Waals surface area contributed by atoms with Crippen molar-refractivity contribution >= 4 is 5.91 Å². The van der Waals surface area contributed by atoms with Gasteiger partial charge in [-0.25, -0.2) is 0 Å². The summed E-state index contributed by atoms with van der Waals surface area (Å²) in [6.45, 7) is 2.01. The van der Waals surface area contributed by atoms with Crippen molar-refractivity contribution in [3.63, 3.8) is 0 Å². The largest absolute Gasteiger partial charge is 0.394 e. The van der Waals surface area contributed by atoms with E-state index in [1.807, 2.05) is 0 Å². The molecule has 10 atom stereocenters. The minimum atomic E-state index is -1.62. The predicted molar refractivity (Wildman–Crippen MR) is 78.8 cm³/mol. The van der Waals surface area contributed by atoms with E-state index >= 15 is 0 Å². The summed E-state index contributed by atoms with van der Waals surface area (Å²) in [7, 11) is 0. The van der Waals surface area contributed by atoms with Crippen molar-refractivity contribution in [1.29, 1.82) is 0 Å². The van der Waals surface area contributed by atoms with Gasteiger partial charge < -0.3 is 50.2 Å². The van der Waals surface area contributed by atoms with E-state index < -0.39 is 73.9 Å². The first-order chi connectivity index (χ1) is 11.7.